The number of nitrogens with zero attached hydrogens (tertiary/aromatic N) is 2. The molecule has 4 rings (SSSR count). The molecule has 1 aromatic heterocycles. The molecule has 0 saturated heterocycles. The Labute approximate surface area is 197 Å². The van der Waals surface area contributed by atoms with Gasteiger partial charge in [-0.3, -0.25) is 0 Å². The van der Waals surface area contributed by atoms with E-state index in [-0.39, 0.29) is 11.1 Å². The molecule has 2 aliphatic rings. The van der Waals surface area contributed by atoms with Crippen LogP contribution < -0.4 is 5.63 Å². The SMILES string of the molecule is [C-]#[N+]/C(C#N)=C1C=C(/C=C/c2cc3cc4c(cc3oc2=O)C#C/C=C\C=C/4)OC(C(C)(C)C)=C/1. The first-order chi connectivity index (χ1) is 16.3. The predicted octanol–water partition coefficient (Wildman–Crippen LogP) is 6.28. The lowest BCUT2D eigenvalue weighted by atomic mass is 9.91. The molecule has 34 heavy (non-hydrogen) atoms. The molecule has 0 unspecified atom stereocenters. The van der Waals surface area contributed by atoms with Crippen LogP contribution in [-0.4, -0.2) is 0 Å². The van der Waals surface area contributed by atoms with Crippen molar-refractivity contribution < 1.29 is 9.15 Å². The van der Waals surface area contributed by atoms with Gasteiger partial charge in [-0.1, -0.05) is 50.8 Å². The van der Waals surface area contributed by atoms with Gasteiger partial charge in [-0.15, -0.1) is 0 Å². The number of rotatable bonds is 2. The summed E-state index contributed by atoms with van der Waals surface area (Å²) in [7, 11) is 0. The van der Waals surface area contributed by atoms with E-state index in [0.717, 1.165) is 16.5 Å². The zero-order chi connectivity index (χ0) is 24.3. The number of allylic oxidation sites excluding steroid dienone is 9. The second kappa shape index (κ2) is 8.99. The fraction of sp³-hybridized carbons (Fsp3) is 0.138. The summed E-state index contributed by atoms with van der Waals surface area (Å²) in [4.78, 5) is 16.0. The maximum Gasteiger partial charge on any atom is 0.343 e. The van der Waals surface area contributed by atoms with Crippen molar-refractivity contribution in [2.24, 2.45) is 5.41 Å². The number of nitriles is 1. The summed E-state index contributed by atoms with van der Waals surface area (Å²) < 4.78 is 11.6. The van der Waals surface area contributed by atoms with E-state index in [1.807, 2.05) is 51.1 Å². The number of ether oxygens (including phenoxy) is 1. The zero-order valence-corrected chi connectivity index (χ0v) is 19.0. The van der Waals surface area contributed by atoms with Crippen molar-refractivity contribution in [3.63, 3.8) is 0 Å². The van der Waals surface area contributed by atoms with Gasteiger partial charge in [0.2, 0.25) is 0 Å². The van der Waals surface area contributed by atoms with Gasteiger partial charge in [-0.25, -0.2) is 14.9 Å². The highest BCUT2D eigenvalue weighted by atomic mass is 16.5. The molecule has 5 heteroatoms. The molecule has 1 aliphatic heterocycles. The van der Waals surface area contributed by atoms with Crippen molar-refractivity contribution in [3.8, 4) is 17.9 Å². The number of hydrogen-bond acceptors (Lipinski definition) is 4. The van der Waals surface area contributed by atoms with Crippen LogP contribution in [0.2, 0.25) is 0 Å². The largest absolute Gasteiger partial charge is 0.461 e. The van der Waals surface area contributed by atoms with Crippen LogP contribution in [0.15, 0.2) is 86.7 Å². The molecular weight excluding hydrogens is 424 g/mol. The smallest absolute Gasteiger partial charge is 0.343 e. The average Bonchev–Trinajstić information content (AvgIpc) is 2.78. The molecular formula is C29H20N2O3. The van der Waals surface area contributed by atoms with Crippen molar-refractivity contribution in [3.05, 3.63) is 116 Å². The van der Waals surface area contributed by atoms with Crippen molar-refractivity contribution in [1.29, 1.82) is 5.26 Å². The molecule has 0 N–H and O–H groups in total. The number of benzene rings is 1. The van der Waals surface area contributed by atoms with Crippen molar-refractivity contribution in [2.45, 2.75) is 20.8 Å². The van der Waals surface area contributed by atoms with Crippen molar-refractivity contribution >= 4 is 23.1 Å². The highest BCUT2D eigenvalue weighted by Crippen LogP contribution is 2.34. The Bertz CT molecular complexity index is 1570. The molecule has 1 aliphatic carbocycles. The molecule has 0 spiro atoms. The minimum atomic E-state index is -0.490. The lowest BCUT2D eigenvalue weighted by molar-refractivity contribution is 0.223. The highest BCUT2D eigenvalue weighted by molar-refractivity contribution is 5.84. The van der Waals surface area contributed by atoms with Gasteiger partial charge in [-0.2, -0.15) is 0 Å². The molecule has 0 bridgehead atoms. The third kappa shape index (κ3) is 4.68. The van der Waals surface area contributed by atoms with Gasteiger partial charge in [-0.05, 0) is 59.7 Å². The van der Waals surface area contributed by atoms with Crippen LogP contribution in [0.4, 0.5) is 0 Å². The zero-order valence-electron chi connectivity index (χ0n) is 19.0. The summed E-state index contributed by atoms with van der Waals surface area (Å²) in [5, 5.41) is 10.1. The van der Waals surface area contributed by atoms with E-state index in [9.17, 15) is 10.1 Å². The first-order valence-electron chi connectivity index (χ1n) is 10.6. The molecule has 0 fully saturated rings. The Hall–Kier alpha value is -4.79. The fourth-order valence-electron chi connectivity index (χ4n) is 3.38. The van der Waals surface area contributed by atoms with Crippen LogP contribution in [0.3, 0.4) is 0 Å². The van der Waals surface area contributed by atoms with Crippen LogP contribution in [0.1, 0.15) is 37.5 Å². The molecule has 164 valence electrons. The number of hydrogen-bond donors (Lipinski definition) is 0. The van der Waals surface area contributed by atoms with E-state index in [2.05, 4.69) is 16.7 Å². The summed E-state index contributed by atoms with van der Waals surface area (Å²) in [6.45, 7) is 13.2. The maximum atomic E-state index is 12.6. The minimum Gasteiger partial charge on any atom is -0.461 e. The Kier molecular flexibility index (Phi) is 5.92. The quantitative estimate of drug-likeness (QED) is 0.237. The molecule has 0 atom stereocenters. The van der Waals surface area contributed by atoms with Gasteiger partial charge in [0.15, 0.2) is 0 Å². The molecule has 0 radical (unpaired) electrons. The summed E-state index contributed by atoms with van der Waals surface area (Å²) >= 11 is 0. The molecule has 5 nitrogen and oxygen atoms in total. The summed E-state index contributed by atoms with van der Waals surface area (Å²) in [5.74, 6) is 7.04. The lowest BCUT2D eigenvalue weighted by Gasteiger charge is -2.26. The van der Waals surface area contributed by atoms with Gasteiger partial charge < -0.3 is 9.15 Å². The van der Waals surface area contributed by atoms with E-state index in [1.165, 1.54) is 0 Å². The fourth-order valence-corrected chi connectivity index (χ4v) is 3.38. The average molecular weight is 444 g/mol. The molecule has 2 aromatic rings. The summed E-state index contributed by atoms with van der Waals surface area (Å²) in [5.41, 5.74) is 2.14. The third-order valence-electron chi connectivity index (χ3n) is 5.17. The van der Waals surface area contributed by atoms with Gasteiger partial charge in [0.1, 0.15) is 17.1 Å². The van der Waals surface area contributed by atoms with Crippen LogP contribution in [0.5, 0.6) is 0 Å². The van der Waals surface area contributed by atoms with E-state index >= 15 is 0 Å². The summed E-state index contributed by atoms with van der Waals surface area (Å²) in [6, 6.07) is 7.39. The van der Waals surface area contributed by atoms with Crippen LogP contribution in [0.25, 0.3) is 28.0 Å². The monoisotopic (exact) mass is 444 g/mol. The van der Waals surface area contributed by atoms with Crippen molar-refractivity contribution in [2.75, 3.05) is 0 Å². The standard InChI is InChI=1S/C29H20N2O3/c1-29(2,3)27-17-22(25(18-30)31-4)15-24(33-27)12-11-21-14-23-13-19-9-7-5-6-8-10-20(19)16-26(23)34-28(21)32/h5-7,9,11-17H,1-3H3/b6-5-,7-5?,9-7-,12-11+,19-9?,25-22-. The van der Waals surface area contributed by atoms with Crippen LogP contribution in [-0.2, 0) is 4.74 Å². The van der Waals surface area contributed by atoms with Crippen LogP contribution in [0, 0.1) is 35.2 Å². The molecule has 0 amide bonds. The van der Waals surface area contributed by atoms with E-state index in [1.54, 1.807) is 42.5 Å². The third-order valence-corrected chi connectivity index (χ3v) is 5.17. The van der Waals surface area contributed by atoms with E-state index in [0.29, 0.717) is 28.2 Å². The normalized spacial score (nSPS) is 18.0. The lowest BCUT2D eigenvalue weighted by Crippen LogP contribution is -2.15. The topological polar surface area (TPSA) is 67.6 Å². The minimum absolute atomic E-state index is 0.0244. The van der Waals surface area contributed by atoms with Crippen LogP contribution >= 0.6 is 0 Å². The molecule has 1 aromatic carbocycles. The predicted molar refractivity (Wildman–Crippen MR) is 133 cm³/mol. The highest BCUT2D eigenvalue weighted by Gasteiger charge is 2.24. The van der Waals surface area contributed by atoms with Gasteiger partial charge in [0.05, 0.1) is 18.2 Å². The van der Waals surface area contributed by atoms with E-state index < -0.39 is 5.63 Å². The second-order valence-corrected chi connectivity index (χ2v) is 8.72. The van der Waals surface area contributed by atoms with Gasteiger partial charge in [0.25, 0.3) is 5.70 Å². The summed E-state index contributed by atoms with van der Waals surface area (Å²) in [6.07, 6.45) is 14.1. The van der Waals surface area contributed by atoms with E-state index in [4.69, 9.17) is 15.7 Å². The Morgan fingerprint density at radius 1 is 1.18 bits per heavy atom. The second-order valence-electron chi connectivity index (χ2n) is 8.72. The van der Waals surface area contributed by atoms with Gasteiger partial charge in [0, 0.05) is 16.4 Å². The number of fused-ring (bicyclic) bond motifs is 2. The molecule has 0 saturated carbocycles. The molecule has 2 heterocycles. The Morgan fingerprint density at radius 3 is 2.74 bits per heavy atom. The maximum absolute atomic E-state index is 12.6. The Morgan fingerprint density at radius 2 is 2.00 bits per heavy atom. The van der Waals surface area contributed by atoms with Crippen molar-refractivity contribution in [1.82, 2.24) is 0 Å². The first-order valence-corrected chi connectivity index (χ1v) is 10.6. The van der Waals surface area contributed by atoms with Gasteiger partial charge >= 0.3 is 5.63 Å². The Balaban J connectivity index is 1.75. The first kappa shape index (κ1) is 22.4.